The summed E-state index contributed by atoms with van der Waals surface area (Å²) in [4.78, 5) is 22.1. The van der Waals surface area contributed by atoms with Crippen LogP contribution in [0.3, 0.4) is 0 Å². The fourth-order valence-electron chi connectivity index (χ4n) is 5.69. The minimum atomic E-state index is 0.0126. The molecule has 0 saturated carbocycles. The zero-order valence-corrected chi connectivity index (χ0v) is 24.4. The van der Waals surface area contributed by atoms with Crippen molar-refractivity contribution in [1.82, 2.24) is 25.3 Å². The number of hydrogen-bond acceptors (Lipinski definition) is 6. The van der Waals surface area contributed by atoms with E-state index in [0.717, 1.165) is 57.5 Å². The number of nitrogens with one attached hydrogen (secondary N) is 1. The van der Waals surface area contributed by atoms with Gasteiger partial charge in [0.05, 0.1) is 11.6 Å². The van der Waals surface area contributed by atoms with Crippen molar-refractivity contribution in [3.63, 3.8) is 0 Å². The van der Waals surface area contributed by atoms with Crippen LogP contribution < -0.4 is 5.32 Å². The molecular formula is C32H33Cl2N5O2. The summed E-state index contributed by atoms with van der Waals surface area (Å²) in [5.41, 5.74) is 6.02. The highest BCUT2D eigenvalue weighted by Crippen LogP contribution is 2.29. The van der Waals surface area contributed by atoms with E-state index in [1.807, 2.05) is 0 Å². The molecule has 2 aliphatic rings. The topological polar surface area (TPSA) is 74.5 Å². The maximum atomic E-state index is 12.9. The zero-order valence-electron chi connectivity index (χ0n) is 22.9. The normalized spacial score (nSPS) is 16.4. The molecule has 6 rings (SSSR count). The summed E-state index contributed by atoms with van der Waals surface area (Å²) in [6, 6.07) is 22.6. The number of carbonyl (C=O) groups excluding carboxylic acids is 1. The SMILES string of the molecule is O=C(NCc1ccc(CN2CCc3ccccc3C2)cc1)C1CCN(Cc2nc(-c3ccc(Cl)cc3Cl)no2)CC1. The third kappa shape index (κ3) is 6.99. The van der Waals surface area contributed by atoms with E-state index in [2.05, 4.69) is 73.8 Å². The second kappa shape index (κ2) is 12.7. The van der Waals surface area contributed by atoms with Crippen LogP contribution in [0, 0.1) is 5.92 Å². The molecule has 3 heterocycles. The van der Waals surface area contributed by atoms with Gasteiger partial charge >= 0.3 is 0 Å². The lowest BCUT2D eigenvalue weighted by atomic mass is 9.96. The van der Waals surface area contributed by atoms with E-state index in [1.165, 1.54) is 16.7 Å². The van der Waals surface area contributed by atoms with E-state index >= 15 is 0 Å². The van der Waals surface area contributed by atoms with Crippen LogP contribution in [-0.4, -0.2) is 45.5 Å². The zero-order chi connectivity index (χ0) is 28.2. The van der Waals surface area contributed by atoms with Gasteiger partial charge in [-0.2, -0.15) is 4.98 Å². The fraction of sp³-hybridized carbons (Fsp3) is 0.344. The van der Waals surface area contributed by atoms with Crippen molar-refractivity contribution in [2.45, 2.75) is 45.4 Å². The van der Waals surface area contributed by atoms with Gasteiger partial charge in [-0.05, 0) is 72.8 Å². The van der Waals surface area contributed by atoms with Gasteiger partial charge in [-0.25, -0.2) is 0 Å². The lowest BCUT2D eigenvalue weighted by Gasteiger charge is -2.30. The highest BCUT2D eigenvalue weighted by Gasteiger charge is 2.26. The minimum Gasteiger partial charge on any atom is -0.352 e. The molecule has 0 aliphatic carbocycles. The van der Waals surface area contributed by atoms with E-state index in [0.29, 0.717) is 40.4 Å². The van der Waals surface area contributed by atoms with Crippen LogP contribution in [-0.2, 0) is 37.4 Å². The molecule has 0 atom stereocenters. The van der Waals surface area contributed by atoms with Crippen molar-refractivity contribution in [2.75, 3.05) is 19.6 Å². The molecule has 1 aromatic heterocycles. The highest BCUT2D eigenvalue weighted by atomic mass is 35.5. The van der Waals surface area contributed by atoms with Crippen LogP contribution in [0.15, 0.2) is 71.3 Å². The quantitative estimate of drug-likeness (QED) is 0.266. The molecule has 0 radical (unpaired) electrons. The summed E-state index contributed by atoms with van der Waals surface area (Å²) in [6.07, 6.45) is 2.71. The Balaban J connectivity index is 0.931. The Morgan fingerprint density at radius 1 is 0.902 bits per heavy atom. The number of carbonyl (C=O) groups is 1. The average molecular weight is 591 g/mol. The number of piperidine rings is 1. The van der Waals surface area contributed by atoms with E-state index in [9.17, 15) is 4.79 Å². The first-order valence-corrected chi connectivity index (χ1v) is 14.9. The highest BCUT2D eigenvalue weighted by molar-refractivity contribution is 6.36. The van der Waals surface area contributed by atoms with Gasteiger partial charge in [0.25, 0.3) is 0 Å². The molecule has 0 bridgehead atoms. The first kappa shape index (κ1) is 27.9. The van der Waals surface area contributed by atoms with Crippen molar-refractivity contribution in [2.24, 2.45) is 5.92 Å². The van der Waals surface area contributed by atoms with Crippen LogP contribution in [0.5, 0.6) is 0 Å². The van der Waals surface area contributed by atoms with Crippen LogP contribution in [0.1, 0.15) is 41.0 Å². The van der Waals surface area contributed by atoms with Crippen LogP contribution in [0.2, 0.25) is 10.0 Å². The van der Waals surface area contributed by atoms with Gasteiger partial charge in [0.1, 0.15) is 0 Å². The Labute approximate surface area is 250 Å². The standard InChI is InChI=1S/C32H33Cl2N5O2/c33-27-9-10-28(29(34)17-27)31-36-30(41-37-31)21-38-14-12-25(13-15-38)32(40)35-18-22-5-7-23(8-6-22)19-39-16-11-24-3-1-2-4-26(24)20-39/h1-10,17,25H,11-16,18-21H2,(H,35,40). The van der Waals surface area contributed by atoms with Crippen molar-refractivity contribution < 1.29 is 9.32 Å². The number of rotatable bonds is 8. The van der Waals surface area contributed by atoms with Gasteiger partial charge < -0.3 is 9.84 Å². The molecular weight excluding hydrogens is 557 g/mol. The summed E-state index contributed by atoms with van der Waals surface area (Å²) in [5.74, 6) is 1.11. The second-order valence-corrected chi connectivity index (χ2v) is 11.8. The second-order valence-electron chi connectivity index (χ2n) is 10.9. The molecule has 7 nitrogen and oxygen atoms in total. The monoisotopic (exact) mass is 589 g/mol. The van der Waals surface area contributed by atoms with Crippen LogP contribution >= 0.6 is 23.2 Å². The molecule has 3 aromatic carbocycles. The third-order valence-electron chi connectivity index (χ3n) is 8.06. The molecule has 4 aromatic rings. The number of likely N-dealkylation sites (tertiary alicyclic amines) is 1. The van der Waals surface area contributed by atoms with Crippen molar-refractivity contribution >= 4 is 29.1 Å². The number of hydrogen-bond donors (Lipinski definition) is 1. The molecule has 0 unspecified atom stereocenters. The molecule has 1 saturated heterocycles. The summed E-state index contributed by atoms with van der Waals surface area (Å²) in [5, 5.41) is 8.26. The van der Waals surface area contributed by atoms with E-state index < -0.39 is 0 Å². The number of amides is 1. The Kier molecular flexibility index (Phi) is 8.67. The van der Waals surface area contributed by atoms with Gasteiger partial charge in [0.2, 0.25) is 17.6 Å². The molecule has 212 valence electrons. The fourth-order valence-corrected chi connectivity index (χ4v) is 6.18. The average Bonchev–Trinajstić information content (AvgIpc) is 3.45. The smallest absolute Gasteiger partial charge is 0.241 e. The van der Waals surface area contributed by atoms with Gasteiger partial charge in [-0.1, -0.05) is 76.9 Å². The van der Waals surface area contributed by atoms with Gasteiger partial charge in [-0.3, -0.25) is 14.6 Å². The Bertz CT molecular complexity index is 1500. The molecule has 1 N–H and O–H groups in total. The predicted octanol–water partition coefficient (Wildman–Crippen LogP) is 6.13. The Hall–Kier alpha value is -3.23. The maximum absolute atomic E-state index is 12.9. The summed E-state index contributed by atoms with van der Waals surface area (Å²) >= 11 is 12.3. The van der Waals surface area contributed by atoms with Crippen LogP contribution in [0.25, 0.3) is 11.4 Å². The molecule has 1 fully saturated rings. The molecule has 41 heavy (non-hydrogen) atoms. The minimum absolute atomic E-state index is 0.0126. The number of benzene rings is 3. The summed E-state index contributed by atoms with van der Waals surface area (Å²) in [6.45, 7) is 5.72. The largest absolute Gasteiger partial charge is 0.352 e. The number of aromatic nitrogens is 2. The van der Waals surface area contributed by atoms with E-state index in [1.54, 1.807) is 18.2 Å². The van der Waals surface area contributed by atoms with Crippen molar-refractivity contribution in [1.29, 1.82) is 0 Å². The first-order chi connectivity index (χ1) is 20.0. The number of halogens is 2. The molecule has 2 aliphatic heterocycles. The lowest BCUT2D eigenvalue weighted by Crippen LogP contribution is -2.40. The maximum Gasteiger partial charge on any atom is 0.241 e. The number of nitrogens with zero attached hydrogens (tertiary/aromatic N) is 4. The van der Waals surface area contributed by atoms with Crippen molar-refractivity contribution in [3.05, 3.63) is 105 Å². The molecule has 9 heteroatoms. The lowest BCUT2D eigenvalue weighted by molar-refractivity contribution is -0.126. The van der Waals surface area contributed by atoms with Crippen LogP contribution in [0.4, 0.5) is 0 Å². The Morgan fingerprint density at radius 3 is 2.44 bits per heavy atom. The van der Waals surface area contributed by atoms with E-state index in [-0.39, 0.29) is 11.8 Å². The van der Waals surface area contributed by atoms with Gasteiger partial charge in [0, 0.05) is 42.7 Å². The molecule has 1 amide bonds. The van der Waals surface area contributed by atoms with Gasteiger partial charge in [-0.15, -0.1) is 0 Å². The first-order valence-electron chi connectivity index (χ1n) is 14.2. The Morgan fingerprint density at radius 2 is 1.66 bits per heavy atom. The van der Waals surface area contributed by atoms with E-state index in [4.69, 9.17) is 27.7 Å². The number of fused-ring (bicyclic) bond motifs is 1. The summed E-state index contributed by atoms with van der Waals surface area (Å²) < 4.78 is 5.46. The predicted molar refractivity (Wildman–Crippen MR) is 160 cm³/mol. The van der Waals surface area contributed by atoms with Crippen molar-refractivity contribution in [3.8, 4) is 11.4 Å². The molecule has 0 spiro atoms. The summed E-state index contributed by atoms with van der Waals surface area (Å²) in [7, 11) is 0. The third-order valence-corrected chi connectivity index (χ3v) is 8.61. The van der Waals surface area contributed by atoms with Gasteiger partial charge in [0.15, 0.2) is 0 Å².